The first-order valence-corrected chi connectivity index (χ1v) is 7.54. The number of carbonyl (C=O) groups is 1. The van der Waals surface area contributed by atoms with E-state index in [-0.39, 0.29) is 12.1 Å². The summed E-state index contributed by atoms with van der Waals surface area (Å²) in [6.07, 6.45) is 1.50. The molecule has 0 aliphatic heterocycles. The number of amides is 1. The van der Waals surface area contributed by atoms with E-state index in [4.69, 9.17) is 11.6 Å². The molecular formula is C14H10ClN3O3S. The van der Waals surface area contributed by atoms with Gasteiger partial charge in [0.1, 0.15) is 0 Å². The van der Waals surface area contributed by atoms with Gasteiger partial charge in [-0.15, -0.1) is 11.3 Å². The van der Waals surface area contributed by atoms with Gasteiger partial charge in [-0.05, 0) is 11.6 Å². The molecule has 112 valence electrons. The Bertz CT molecular complexity index is 919. The Morgan fingerprint density at radius 1 is 1.41 bits per heavy atom. The molecule has 8 heteroatoms. The monoisotopic (exact) mass is 335 g/mol. The Labute approximate surface area is 133 Å². The van der Waals surface area contributed by atoms with Crippen LogP contribution in [0.5, 0.6) is 5.88 Å². The van der Waals surface area contributed by atoms with Crippen LogP contribution in [-0.2, 0) is 6.54 Å². The van der Waals surface area contributed by atoms with Gasteiger partial charge in [-0.2, -0.15) is 4.98 Å². The number of halogens is 1. The van der Waals surface area contributed by atoms with E-state index in [2.05, 4.69) is 10.3 Å². The smallest absolute Gasteiger partial charge is 0.275 e. The molecular weight excluding hydrogens is 326 g/mol. The predicted molar refractivity (Wildman–Crippen MR) is 83.6 cm³/mol. The first-order valence-electron chi connectivity index (χ1n) is 6.28. The van der Waals surface area contributed by atoms with Crippen molar-refractivity contribution in [3.8, 4) is 5.88 Å². The van der Waals surface area contributed by atoms with E-state index in [1.807, 2.05) is 0 Å². The molecule has 2 aromatic heterocycles. The Kier molecular flexibility index (Phi) is 3.82. The maximum Gasteiger partial charge on any atom is 0.275 e. The summed E-state index contributed by atoms with van der Waals surface area (Å²) >= 11 is 7.19. The number of nitrogens with one attached hydrogen (secondary N) is 1. The summed E-state index contributed by atoms with van der Waals surface area (Å²) in [5.41, 5.74) is -0.287. The van der Waals surface area contributed by atoms with Crippen LogP contribution in [0.1, 0.15) is 15.9 Å². The lowest BCUT2D eigenvalue weighted by molar-refractivity contribution is 0.0945. The molecule has 0 radical (unpaired) electrons. The molecule has 0 atom stereocenters. The zero-order chi connectivity index (χ0) is 15.7. The standard InChI is InChI=1S/C14H10ClN3O3S/c15-9-4-2-1-3-8(9)7-16-11(19)10-12(20)17-14-18(13(10)21)5-6-22-14/h1-6,20H,7H2,(H,16,19). The van der Waals surface area contributed by atoms with Crippen molar-refractivity contribution < 1.29 is 9.90 Å². The number of carbonyl (C=O) groups excluding carboxylic acids is 1. The summed E-state index contributed by atoms with van der Waals surface area (Å²) in [6, 6.07) is 7.03. The topological polar surface area (TPSA) is 83.7 Å². The van der Waals surface area contributed by atoms with Crippen molar-refractivity contribution >= 4 is 33.8 Å². The van der Waals surface area contributed by atoms with Crippen molar-refractivity contribution in [2.75, 3.05) is 0 Å². The molecule has 0 bridgehead atoms. The fourth-order valence-electron chi connectivity index (χ4n) is 1.97. The average Bonchev–Trinajstić information content (AvgIpc) is 2.95. The van der Waals surface area contributed by atoms with Crippen molar-refractivity contribution in [2.24, 2.45) is 0 Å². The summed E-state index contributed by atoms with van der Waals surface area (Å²) < 4.78 is 1.22. The number of benzene rings is 1. The highest BCUT2D eigenvalue weighted by molar-refractivity contribution is 7.15. The molecule has 0 saturated carbocycles. The van der Waals surface area contributed by atoms with Gasteiger partial charge >= 0.3 is 0 Å². The first kappa shape index (κ1) is 14.6. The number of thiazole rings is 1. The van der Waals surface area contributed by atoms with Crippen LogP contribution in [-0.4, -0.2) is 20.4 Å². The van der Waals surface area contributed by atoms with Crippen LogP contribution >= 0.6 is 22.9 Å². The highest BCUT2D eigenvalue weighted by Crippen LogP contribution is 2.16. The van der Waals surface area contributed by atoms with Gasteiger partial charge in [0, 0.05) is 23.1 Å². The molecule has 3 rings (SSSR count). The Hall–Kier alpha value is -2.38. The number of aromatic hydroxyl groups is 1. The molecule has 6 nitrogen and oxygen atoms in total. The first-order chi connectivity index (χ1) is 10.6. The molecule has 1 amide bonds. The number of hydrogen-bond donors (Lipinski definition) is 2. The normalized spacial score (nSPS) is 10.8. The maximum atomic E-state index is 12.2. The molecule has 0 fully saturated rings. The summed E-state index contributed by atoms with van der Waals surface area (Å²) in [7, 11) is 0. The summed E-state index contributed by atoms with van der Waals surface area (Å²) in [5.74, 6) is -1.28. The molecule has 3 aromatic rings. The van der Waals surface area contributed by atoms with Crippen molar-refractivity contribution in [3.05, 3.63) is 62.3 Å². The van der Waals surface area contributed by atoms with Crippen LogP contribution < -0.4 is 10.9 Å². The van der Waals surface area contributed by atoms with Crippen molar-refractivity contribution in [2.45, 2.75) is 6.54 Å². The lowest BCUT2D eigenvalue weighted by atomic mass is 10.2. The van der Waals surface area contributed by atoms with Gasteiger partial charge in [-0.25, -0.2) is 0 Å². The van der Waals surface area contributed by atoms with E-state index < -0.39 is 17.3 Å². The number of nitrogens with zero attached hydrogens (tertiary/aromatic N) is 2. The molecule has 2 heterocycles. The van der Waals surface area contributed by atoms with E-state index >= 15 is 0 Å². The van der Waals surface area contributed by atoms with Gasteiger partial charge in [0.25, 0.3) is 11.5 Å². The number of hydrogen-bond acceptors (Lipinski definition) is 5. The Morgan fingerprint density at radius 3 is 2.95 bits per heavy atom. The third-order valence-electron chi connectivity index (χ3n) is 3.07. The van der Waals surface area contributed by atoms with Gasteiger partial charge in [0.2, 0.25) is 5.88 Å². The fourth-order valence-corrected chi connectivity index (χ4v) is 2.88. The number of fused-ring (bicyclic) bond motifs is 1. The lowest BCUT2D eigenvalue weighted by Gasteiger charge is -2.07. The number of rotatable bonds is 3. The van der Waals surface area contributed by atoms with Crippen molar-refractivity contribution in [3.63, 3.8) is 0 Å². The number of aromatic nitrogens is 2. The molecule has 1 aromatic carbocycles. The quantitative estimate of drug-likeness (QED) is 0.767. The summed E-state index contributed by atoms with van der Waals surface area (Å²) in [6.45, 7) is 0.143. The Balaban J connectivity index is 1.89. The molecule has 0 spiro atoms. The molecule has 0 aliphatic rings. The van der Waals surface area contributed by atoms with E-state index in [9.17, 15) is 14.7 Å². The van der Waals surface area contributed by atoms with E-state index in [1.54, 1.807) is 29.6 Å². The van der Waals surface area contributed by atoms with Crippen LogP contribution in [0.3, 0.4) is 0 Å². The minimum Gasteiger partial charge on any atom is -0.492 e. The van der Waals surface area contributed by atoms with Crippen LogP contribution in [0.4, 0.5) is 0 Å². The Morgan fingerprint density at radius 2 is 2.18 bits per heavy atom. The predicted octanol–water partition coefficient (Wildman–Crippen LogP) is 2.04. The summed E-state index contributed by atoms with van der Waals surface area (Å²) in [5, 5.41) is 14.5. The second kappa shape index (κ2) is 5.78. The third-order valence-corrected chi connectivity index (χ3v) is 4.20. The minimum atomic E-state index is -0.699. The van der Waals surface area contributed by atoms with Gasteiger partial charge in [-0.1, -0.05) is 29.8 Å². The molecule has 0 saturated heterocycles. The van der Waals surface area contributed by atoms with Gasteiger partial charge < -0.3 is 10.4 Å². The fraction of sp³-hybridized carbons (Fsp3) is 0.0714. The lowest BCUT2D eigenvalue weighted by Crippen LogP contribution is -2.31. The zero-order valence-corrected chi connectivity index (χ0v) is 12.7. The van der Waals surface area contributed by atoms with Crippen LogP contribution in [0, 0.1) is 0 Å². The highest BCUT2D eigenvalue weighted by Gasteiger charge is 2.20. The maximum absolute atomic E-state index is 12.2. The van der Waals surface area contributed by atoms with E-state index in [0.717, 1.165) is 0 Å². The van der Waals surface area contributed by atoms with Gasteiger partial charge in [0.05, 0.1) is 0 Å². The average molecular weight is 336 g/mol. The van der Waals surface area contributed by atoms with Gasteiger partial charge in [0.15, 0.2) is 10.5 Å². The van der Waals surface area contributed by atoms with Crippen molar-refractivity contribution in [1.29, 1.82) is 0 Å². The SMILES string of the molecule is O=C(NCc1ccccc1Cl)c1c(O)nc2sccn2c1=O. The molecule has 0 aliphatic carbocycles. The third kappa shape index (κ3) is 2.56. The molecule has 2 N–H and O–H groups in total. The second-order valence-corrected chi connectivity index (χ2v) is 5.73. The van der Waals surface area contributed by atoms with Crippen LogP contribution in [0.25, 0.3) is 4.96 Å². The summed E-state index contributed by atoms with van der Waals surface area (Å²) in [4.78, 5) is 28.5. The molecule has 22 heavy (non-hydrogen) atoms. The van der Waals surface area contributed by atoms with Crippen LogP contribution in [0.2, 0.25) is 5.02 Å². The van der Waals surface area contributed by atoms with E-state index in [0.29, 0.717) is 15.5 Å². The van der Waals surface area contributed by atoms with E-state index in [1.165, 1.54) is 21.9 Å². The largest absolute Gasteiger partial charge is 0.492 e. The van der Waals surface area contributed by atoms with Gasteiger partial charge in [-0.3, -0.25) is 14.0 Å². The van der Waals surface area contributed by atoms with Crippen molar-refractivity contribution in [1.82, 2.24) is 14.7 Å². The highest BCUT2D eigenvalue weighted by atomic mass is 35.5. The van der Waals surface area contributed by atoms with Crippen LogP contribution in [0.15, 0.2) is 40.6 Å². The zero-order valence-electron chi connectivity index (χ0n) is 11.1. The second-order valence-electron chi connectivity index (χ2n) is 4.45. The minimum absolute atomic E-state index is 0.143. The molecule has 0 unspecified atom stereocenters.